The Morgan fingerprint density at radius 2 is 0.889 bits per heavy atom. The lowest BCUT2D eigenvalue weighted by atomic mass is 9.99. The maximum atomic E-state index is 12.7. The van der Waals surface area contributed by atoms with Crippen LogP contribution in [0, 0.1) is 11.8 Å². The summed E-state index contributed by atoms with van der Waals surface area (Å²) in [6.07, 6.45) is -0.705. The molecule has 0 aliphatic carbocycles. The van der Waals surface area contributed by atoms with Crippen LogP contribution in [-0.2, 0) is 40.0 Å². The summed E-state index contributed by atoms with van der Waals surface area (Å²) >= 11 is 0. The molecule has 4 aromatic rings. The van der Waals surface area contributed by atoms with Gasteiger partial charge < -0.3 is 30.7 Å². The second kappa shape index (κ2) is 22.0. The molecule has 0 aliphatic rings. The summed E-state index contributed by atoms with van der Waals surface area (Å²) in [7, 11) is 0. The molecular formula is C44H54N2O8. The minimum Gasteiger partial charge on any atom is -0.479 e. The van der Waals surface area contributed by atoms with Crippen molar-refractivity contribution < 1.29 is 39.2 Å². The average molecular weight is 739 g/mol. The average Bonchev–Trinajstić information content (AvgIpc) is 3.15. The minimum atomic E-state index is -1.68. The van der Waals surface area contributed by atoms with Crippen LogP contribution in [0.2, 0.25) is 0 Å². The molecule has 0 unspecified atom stereocenters. The Morgan fingerprint density at radius 1 is 0.537 bits per heavy atom. The monoisotopic (exact) mass is 738 g/mol. The lowest BCUT2D eigenvalue weighted by molar-refractivity contribution is -0.154. The predicted octanol–water partition coefficient (Wildman–Crippen LogP) is 5.82. The number of amides is 2. The SMILES string of the molecule is CC(C)Cc1ccc(C(=O)N[C@H](Cc2ccccc2)[C@@H](O)C(=O)O)cc1.CCOC(=O)[C@H](O)[C@@H](Cc1ccccc1)NC(=O)c1ccc(CC(C)C)cc1. The highest BCUT2D eigenvalue weighted by Crippen LogP contribution is 2.14. The van der Waals surface area contributed by atoms with Crippen LogP contribution >= 0.6 is 0 Å². The fourth-order valence-electron chi connectivity index (χ4n) is 5.81. The fourth-order valence-corrected chi connectivity index (χ4v) is 5.81. The number of carbonyl (C=O) groups excluding carboxylic acids is 3. The number of hydrogen-bond acceptors (Lipinski definition) is 7. The third kappa shape index (κ3) is 14.6. The highest BCUT2D eigenvalue weighted by Gasteiger charge is 2.30. The lowest BCUT2D eigenvalue weighted by Gasteiger charge is -2.23. The van der Waals surface area contributed by atoms with Gasteiger partial charge in [-0.05, 0) is 91.0 Å². The summed E-state index contributed by atoms with van der Waals surface area (Å²) in [5.74, 6) is -1.78. The first-order chi connectivity index (χ1) is 25.8. The molecule has 0 fully saturated rings. The van der Waals surface area contributed by atoms with Crippen molar-refractivity contribution >= 4 is 23.8 Å². The van der Waals surface area contributed by atoms with Crippen LogP contribution in [0.15, 0.2) is 109 Å². The second-order valence-corrected chi connectivity index (χ2v) is 14.1. The smallest absolute Gasteiger partial charge is 0.337 e. The maximum absolute atomic E-state index is 12.7. The van der Waals surface area contributed by atoms with Gasteiger partial charge in [-0.1, -0.05) is 113 Å². The minimum absolute atomic E-state index is 0.166. The molecule has 10 nitrogen and oxygen atoms in total. The maximum Gasteiger partial charge on any atom is 0.337 e. The Labute approximate surface area is 318 Å². The number of carboxylic acids is 1. The highest BCUT2D eigenvalue weighted by molar-refractivity contribution is 5.95. The van der Waals surface area contributed by atoms with Crippen LogP contribution in [0.5, 0.6) is 0 Å². The predicted molar refractivity (Wildman–Crippen MR) is 209 cm³/mol. The van der Waals surface area contributed by atoms with Crippen molar-refractivity contribution in [3.8, 4) is 0 Å². The molecule has 0 aliphatic heterocycles. The Bertz CT molecular complexity index is 1740. The van der Waals surface area contributed by atoms with Gasteiger partial charge >= 0.3 is 11.9 Å². The zero-order valence-electron chi connectivity index (χ0n) is 31.8. The van der Waals surface area contributed by atoms with Crippen molar-refractivity contribution in [3.05, 3.63) is 143 Å². The number of esters is 1. The van der Waals surface area contributed by atoms with Gasteiger partial charge in [0.2, 0.25) is 0 Å². The van der Waals surface area contributed by atoms with E-state index < -0.39 is 42.1 Å². The summed E-state index contributed by atoms with van der Waals surface area (Å²) < 4.78 is 4.92. The van der Waals surface area contributed by atoms with Gasteiger partial charge in [0.1, 0.15) is 0 Å². The Hall–Kier alpha value is -5.32. The highest BCUT2D eigenvalue weighted by atomic mass is 16.5. The van der Waals surface area contributed by atoms with Crippen LogP contribution in [0.4, 0.5) is 0 Å². The van der Waals surface area contributed by atoms with E-state index >= 15 is 0 Å². The standard InChI is InChI=1S/C23H29NO4.C21H25NO4/c1-4-28-23(27)21(25)20(15-17-8-6-5-7-9-17)24-22(26)19-12-10-18(11-13-19)14-16(2)3;1-14(2)12-16-8-10-17(11-9-16)20(24)22-18(19(23)21(25)26)13-15-6-4-3-5-7-15/h5-13,16,20-21,25H,4,14-15H2,1-3H3,(H,24,26);3-11,14,18-19,23H,12-13H2,1-2H3,(H,22,24)(H,25,26)/t20-,21-;18-,19-/m11/s1. The van der Waals surface area contributed by atoms with Gasteiger partial charge in [0.15, 0.2) is 12.2 Å². The van der Waals surface area contributed by atoms with Crippen LogP contribution in [0.1, 0.15) is 77.6 Å². The molecule has 0 spiro atoms. The zero-order chi connectivity index (χ0) is 39.6. The number of aliphatic hydroxyl groups is 2. The number of ether oxygens (including phenoxy) is 1. The van der Waals surface area contributed by atoms with E-state index in [-0.39, 0.29) is 18.9 Å². The molecule has 54 heavy (non-hydrogen) atoms. The second-order valence-electron chi connectivity index (χ2n) is 14.1. The molecule has 10 heteroatoms. The Morgan fingerprint density at radius 3 is 1.22 bits per heavy atom. The number of aliphatic carboxylic acids is 1. The Kier molecular flexibility index (Phi) is 17.6. The van der Waals surface area contributed by atoms with Crippen LogP contribution in [0.25, 0.3) is 0 Å². The third-order valence-corrected chi connectivity index (χ3v) is 8.49. The summed E-state index contributed by atoms with van der Waals surface area (Å²) in [6.45, 7) is 10.4. The van der Waals surface area contributed by atoms with Crippen molar-refractivity contribution in [2.45, 2.75) is 84.6 Å². The van der Waals surface area contributed by atoms with Gasteiger partial charge in [-0.25, -0.2) is 9.59 Å². The van der Waals surface area contributed by atoms with Crippen LogP contribution in [0.3, 0.4) is 0 Å². The number of hydrogen-bond donors (Lipinski definition) is 5. The summed E-state index contributed by atoms with van der Waals surface area (Å²) in [6, 6.07) is 31.5. The normalized spacial score (nSPS) is 13.1. The summed E-state index contributed by atoms with van der Waals surface area (Å²) in [5, 5.41) is 35.0. The number of benzene rings is 4. The van der Waals surface area contributed by atoms with E-state index in [2.05, 4.69) is 38.3 Å². The molecule has 0 radical (unpaired) electrons. The molecule has 2 amide bonds. The number of rotatable bonds is 17. The Balaban J connectivity index is 0.000000291. The number of carbonyl (C=O) groups is 4. The quantitative estimate of drug-likeness (QED) is 0.0847. The molecule has 4 aromatic carbocycles. The molecule has 4 rings (SSSR count). The third-order valence-electron chi connectivity index (χ3n) is 8.49. The summed E-state index contributed by atoms with van der Waals surface area (Å²) in [5.41, 5.74) is 4.98. The van der Waals surface area contributed by atoms with Gasteiger partial charge in [0.25, 0.3) is 11.8 Å². The van der Waals surface area contributed by atoms with Crippen LogP contribution < -0.4 is 10.6 Å². The first kappa shape index (κ1) is 43.1. The number of nitrogens with one attached hydrogen (secondary N) is 2. The van der Waals surface area contributed by atoms with E-state index in [4.69, 9.17) is 9.84 Å². The molecule has 288 valence electrons. The summed E-state index contributed by atoms with van der Waals surface area (Å²) in [4.78, 5) is 48.4. The molecule has 0 aromatic heterocycles. The first-order valence-corrected chi connectivity index (χ1v) is 18.4. The first-order valence-electron chi connectivity index (χ1n) is 18.4. The van der Waals surface area contributed by atoms with Gasteiger partial charge in [0.05, 0.1) is 18.7 Å². The molecule has 0 saturated heterocycles. The van der Waals surface area contributed by atoms with Gasteiger partial charge in [-0.3, -0.25) is 9.59 Å². The van der Waals surface area contributed by atoms with E-state index in [1.165, 1.54) is 5.56 Å². The van der Waals surface area contributed by atoms with Gasteiger partial charge in [-0.15, -0.1) is 0 Å². The van der Waals surface area contributed by atoms with E-state index in [0.717, 1.165) is 29.5 Å². The van der Waals surface area contributed by atoms with Crippen molar-refractivity contribution in [2.24, 2.45) is 11.8 Å². The molecular weight excluding hydrogens is 684 g/mol. The zero-order valence-corrected chi connectivity index (χ0v) is 31.8. The molecule has 5 N–H and O–H groups in total. The fraction of sp³-hybridized carbons (Fsp3) is 0.364. The van der Waals surface area contributed by atoms with Gasteiger partial charge in [-0.2, -0.15) is 0 Å². The van der Waals surface area contributed by atoms with Crippen LogP contribution in [-0.4, -0.2) is 70.0 Å². The van der Waals surface area contributed by atoms with E-state index in [1.54, 1.807) is 31.2 Å². The van der Waals surface area contributed by atoms with E-state index in [0.29, 0.717) is 29.4 Å². The topological polar surface area (TPSA) is 162 Å². The van der Waals surface area contributed by atoms with E-state index in [9.17, 15) is 29.4 Å². The van der Waals surface area contributed by atoms with Crippen molar-refractivity contribution in [1.29, 1.82) is 0 Å². The molecule has 0 heterocycles. The molecule has 4 atom stereocenters. The van der Waals surface area contributed by atoms with Crippen molar-refractivity contribution in [1.82, 2.24) is 10.6 Å². The van der Waals surface area contributed by atoms with Crippen molar-refractivity contribution in [3.63, 3.8) is 0 Å². The van der Waals surface area contributed by atoms with E-state index in [1.807, 2.05) is 84.9 Å². The van der Waals surface area contributed by atoms with Crippen molar-refractivity contribution in [2.75, 3.05) is 6.61 Å². The van der Waals surface area contributed by atoms with Gasteiger partial charge in [0, 0.05) is 11.1 Å². The largest absolute Gasteiger partial charge is 0.479 e. The molecule has 0 bridgehead atoms. The molecule has 0 saturated carbocycles. The number of carboxylic acid groups (broad SMARTS) is 1. The lowest BCUT2D eigenvalue weighted by Crippen LogP contribution is -2.48. The number of aliphatic hydroxyl groups excluding tert-OH is 2.